The van der Waals surface area contributed by atoms with Crippen LogP contribution in [0, 0.1) is 47.3 Å². The highest BCUT2D eigenvalue weighted by atomic mass is 32.1. The quantitative estimate of drug-likeness (QED) is 0.0315. The second kappa shape index (κ2) is 25.4. The number of hydrogen-bond donors (Lipinski definition) is 3. The number of nitrogens with zero attached hydrogens (tertiary/aromatic N) is 6. The molecule has 2 N–H and O–H groups in total. The van der Waals surface area contributed by atoms with Gasteiger partial charge in [0.1, 0.15) is 76.6 Å². The van der Waals surface area contributed by atoms with Gasteiger partial charge in [0.15, 0.2) is 23.3 Å². The topological polar surface area (TPSA) is 172 Å². The smallest absolute Gasteiger partial charge is 0.306 e. The van der Waals surface area contributed by atoms with Crippen molar-refractivity contribution in [1.29, 1.82) is 0 Å². The van der Waals surface area contributed by atoms with Gasteiger partial charge in [-0.15, -0.1) is 0 Å². The van der Waals surface area contributed by atoms with Crippen LogP contribution < -0.4 is 18.9 Å². The minimum Gasteiger partial charge on any atom is -0.489 e. The van der Waals surface area contributed by atoms with E-state index in [1.54, 1.807) is 0 Å². The van der Waals surface area contributed by atoms with Crippen molar-refractivity contribution in [2.75, 3.05) is 5.75 Å². The van der Waals surface area contributed by atoms with Gasteiger partial charge in [-0.05, 0) is 90.2 Å². The predicted octanol–water partition coefficient (Wildman–Crippen LogP) is 16.6. The Morgan fingerprint density at radius 1 is 0.427 bits per heavy atom. The first-order chi connectivity index (χ1) is 39.1. The van der Waals surface area contributed by atoms with E-state index >= 15 is 0 Å². The van der Waals surface area contributed by atoms with Crippen molar-refractivity contribution < 1.29 is 28.5 Å². The Balaban J connectivity index is 1.45. The lowest BCUT2D eigenvalue weighted by Crippen LogP contribution is -2.29. The number of rotatable bonds is 23. The van der Waals surface area contributed by atoms with E-state index in [2.05, 4.69) is 133 Å². The van der Waals surface area contributed by atoms with E-state index in [9.17, 15) is 4.79 Å². The minimum atomic E-state index is -0.283. The fraction of sp³-hybridized carbons (Fsp3) is 0.507. The maximum atomic E-state index is 13.5. The molecule has 0 atom stereocenters. The summed E-state index contributed by atoms with van der Waals surface area (Å²) < 4.78 is 34.5. The van der Waals surface area contributed by atoms with Crippen LogP contribution in [-0.4, -0.2) is 76.0 Å². The molecule has 0 radical (unpaired) electrons. The second-order valence-corrected chi connectivity index (χ2v) is 25.5. The zero-order chi connectivity index (χ0) is 58.8. The Labute approximate surface area is 490 Å². The van der Waals surface area contributed by atoms with Gasteiger partial charge >= 0.3 is 5.97 Å². The Bertz CT molecular complexity index is 3560. The van der Waals surface area contributed by atoms with Crippen molar-refractivity contribution in [3.8, 4) is 68.5 Å². The maximum Gasteiger partial charge on any atom is 0.306 e. The van der Waals surface area contributed by atoms with E-state index in [0.29, 0.717) is 109 Å². The third-order valence-electron chi connectivity index (χ3n) is 15.7. The molecule has 9 rings (SSSR count). The van der Waals surface area contributed by atoms with Crippen LogP contribution >= 0.6 is 12.6 Å². The van der Waals surface area contributed by atoms with Gasteiger partial charge in [0.25, 0.3) is 0 Å². The number of benzene rings is 4. The summed E-state index contributed by atoms with van der Waals surface area (Å²) in [5.41, 5.74) is 5.50. The number of esters is 1. The van der Waals surface area contributed by atoms with Gasteiger partial charge in [-0.1, -0.05) is 160 Å². The van der Waals surface area contributed by atoms with E-state index in [0.717, 1.165) is 40.5 Å². The molecule has 0 spiro atoms. The van der Waals surface area contributed by atoms with Crippen molar-refractivity contribution in [3.63, 3.8) is 0 Å². The predicted molar refractivity (Wildman–Crippen MR) is 335 cm³/mol. The molecular weight excluding hydrogens is 1040 g/mol. The van der Waals surface area contributed by atoms with Crippen LogP contribution in [0.4, 0.5) is 0 Å². The number of H-pyrrole nitrogens is 2. The van der Waals surface area contributed by atoms with Crippen molar-refractivity contribution in [1.82, 2.24) is 39.9 Å². The number of unbranched alkanes of at least 4 members (excludes halogenated alkanes) is 2. The van der Waals surface area contributed by atoms with Gasteiger partial charge in [-0.3, -0.25) is 4.79 Å². The van der Waals surface area contributed by atoms with E-state index in [-0.39, 0.29) is 84.3 Å². The lowest BCUT2D eigenvalue weighted by atomic mass is 9.96. The summed E-state index contributed by atoms with van der Waals surface area (Å²) in [6.07, 6.45) is 2.32. The molecule has 7 aromatic rings. The molecule has 0 saturated carbocycles. The summed E-state index contributed by atoms with van der Waals surface area (Å²) >= 11 is 4.38. The number of ether oxygens (including phenoxy) is 5. The summed E-state index contributed by atoms with van der Waals surface area (Å²) in [6, 6.07) is 22.0. The van der Waals surface area contributed by atoms with E-state index in [4.69, 9.17) is 53.6 Å². The number of aromatic amines is 2. The number of thiol groups is 1. The van der Waals surface area contributed by atoms with E-state index in [1.807, 2.05) is 66.7 Å². The molecule has 0 saturated heterocycles. The van der Waals surface area contributed by atoms with Crippen LogP contribution in [0.3, 0.4) is 0 Å². The average molecular weight is 1130 g/mol. The van der Waals surface area contributed by atoms with Crippen molar-refractivity contribution in [2.45, 2.75) is 167 Å². The first-order valence-electron chi connectivity index (χ1n) is 30.0. The molecule has 436 valence electrons. The Hall–Kier alpha value is -6.74. The molecule has 15 heteroatoms. The van der Waals surface area contributed by atoms with E-state index < -0.39 is 0 Å². The summed E-state index contributed by atoms with van der Waals surface area (Å²) in [6.45, 7) is 34.9. The van der Waals surface area contributed by atoms with E-state index in [1.165, 1.54) is 0 Å². The molecule has 82 heavy (non-hydrogen) atoms. The van der Waals surface area contributed by atoms with Gasteiger partial charge in [0, 0.05) is 33.9 Å². The summed E-state index contributed by atoms with van der Waals surface area (Å²) in [7, 11) is 0. The first-order valence-corrected chi connectivity index (χ1v) is 30.6. The monoisotopic (exact) mass is 1130 g/mol. The SMILES string of the molecule is CC(C)C(Oc1cccc2c1-c1nc-2nc2[nH]c(nc3nc(nc4[nH]c(n1)c1cccc(OC(C(C)C)C(C)C)c41)-c1cccc(OC(C(C)C)C(C)C)c1-3)c1c(COC(=O)CCCCCS)ccc(OC(C(C)C)C(C)C)c21)C(C)C. The van der Waals surface area contributed by atoms with Gasteiger partial charge < -0.3 is 33.7 Å². The van der Waals surface area contributed by atoms with Crippen LogP contribution in [0.25, 0.3) is 89.7 Å². The van der Waals surface area contributed by atoms with Crippen molar-refractivity contribution >= 4 is 62.7 Å². The largest absolute Gasteiger partial charge is 0.489 e. The number of fused-ring (bicyclic) bond motifs is 20. The second-order valence-electron chi connectivity index (χ2n) is 25.1. The van der Waals surface area contributed by atoms with Crippen LogP contribution in [0.2, 0.25) is 0 Å². The number of carbonyl (C=O) groups is 1. The molecule has 14 nitrogen and oxygen atoms in total. The number of aromatic nitrogens is 8. The molecule has 0 unspecified atom stereocenters. The first kappa shape index (κ1) is 59.9. The number of carbonyl (C=O) groups excluding carboxylic acids is 1. The molecule has 0 aliphatic carbocycles. The van der Waals surface area contributed by atoms with Gasteiger partial charge in [-0.2, -0.15) is 12.6 Å². The van der Waals surface area contributed by atoms with Crippen molar-refractivity contribution in [2.24, 2.45) is 47.3 Å². The minimum absolute atomic E-state index is 0.0244. The molecule has 4 aromatic carbocycles. The summed E-state index contributed by atoms with van der Waals surface area (Å²) in [5, 5.41) is 2.87. The van der Waals surface area contributed by atoms with Gasteiger partial charge in [0.2, 0.25) is 0 Å². The number of nitrogens with one attached hydrogen (secondary N) is 2. The molecular formula is C67H86N8O6S. The van der Waals surface area contributed by atoms with Gasteiger partial charge in [-0.25, -0.2) is 29.9 Å². The zero-order valence-corrected chi connectivity index (χ0v) is 52.0. The lowest BCUT2D eigenvalue weighted by molar-refractivity contribution is -0.145. The molecule has 3 aromatic heterocycles. The molecule has 2 aliphatic rings. The summed E-state index contributed by atoms with van der Waals surface area (Å²) in [5.74, 6) is 6.23. The molecule has 8 bridgehead atoms. The third kappa shape index (κ3) is 12.5. The Kier molecular flexibility index (Phi) is 18.5. The fourth-order valence-corrected chi connectivity index (χ4v) is 12.3. The fourth-order valence-electron chi connectivity index (χ4n) is 12.1. The molecule has 0 amide bonds. The molecule has 2 aliphatic heterocycles. The normalized spacial score (nSPS) is 12.6. The number of hydrogen-bond acceptors (Lipinski definition) is 13. The lowest BCUT2D eigenvalue weighted by Gasteiger charge is -2.27. The zero-order valence-electron chi connectivity index (χ0n) is 51.1. The average Bonchev–Trinajstić information content (AvgIpc) is 4.33. The molecule has 0 fully saturated rings. The van der Waals surface area contributed by atoms with Crippen LogP contribution in [0.15, 0.2) is 66.7 Å². The Morgan fingerprint density at radius 3 is 1.32 bits per heavy atom. The maximum absolute atomic E-state index is 13.5. The van der Waals surface area contributed by atoms with Crippen LogP contribution in [0.1, 0.15) is 142 Å². The van der Waals surface area contributed by atoms with Crippen LogP contribution in [0.5, 0.6) is 23.0 Å². The van der Waals surface area contributed by atoms with Gasteiger partial charge in [0.05, 0.1) is 21.9 Å². The van der Waals surface area contributed by atoms with Crippen molar-refractivity contribution in [3.05, 3.63) is 72.3 Å². The summed E-state index contributed by atoms with van der Waals surface area (Å²) in [4.78, 5) is 53.8. The van der Waals surface area contributed by atoms with Crippen LogP contribution in [-0.2, 0) is 16.1 Å². The standard InChI is InChI=1S/C67H86N8O6S/c1-34(2)56(35(3)4)78-46-26-20-23-43-52(46)64-68-60(43)69-65-53-44(24-21-27-47(53)79-57(36(5)6)37(7)8)62(71-65)73-67-55-49(81-59(40(13)14)41(15)16)31-30-42(33-77-50(76)29-18-17-19-32-82)51(55)63(75-67)74-66-54-45(61(70-64)72-66)25-22-28-48(54)80-58(38(9)10)39(11)12/h20-28,30-31,34-41,56-59,82H,17-19,29,32-33H2,1-16H3,(H2,68,69,70,71,72,73,74,75). The third-order valence-corrected chi connectivity index (χ3v) is 16.0. The molecule has 5 heterocycles. The highest BCUT2D eigenvalue weighted by Gasteiger charge is 2.32. The highest BCUT2D eigenvalue weighted by Crippen LogP contribution is 2.46. The Morgan fingerprint density at radius 2 is 0.829 bits per heavy atom. The highest BCUT2D eigenvalue weighted by molar-refractivity contribution is 7.80.